The van der Waals surface area contributed by atoms with E-state index in [2.05, 4.69) is 118 Å². The molecule has 6 heteroatoms. The molecule has 0 bridgehead atoms. The van der Waals surface area contributed by atoms with Crippen LogP contribution in [0.3, 0.4) is 0 Å². The zero-order chi connectivity index (χ0) is 59.9. The first-order chi connectivity index (χ1) is 41.0. The lowest BCUT2D eigenvalue weighted by Gasteiger charge is -2.18. The molecule has 0 saturated heterocycles. The predicted octanol–water partition coefficient (Wildman–Crippen LogP) is 24.8. The third-order valence-corrected chi connectivity index (χ3v) is 15.5. The highest BCUT2D eigenvalue weighted by molar-refractivity contribution is 5.71. The quantitative estimate of drug-likeness (QED) is 0.0261. The summed E-state index contributed by atoms with van der Waals surface area (Å²) in [5.41, 5.74) is 0. The lowest BCUT2D eigenvalue weighted by atomic mass is 10.0. The molecule has 1 unspecified atom stereocenters. The topological polar surface area (TPSA) is 78.9 Å². The summed E-state index contributed by atoms with van der Waals surface area (Å²) in [4.78, 5) is 38.4. The molecular formula is C77H134O6. The van der Waals surface area contributed by atoms with Crippen LogP contribution in [0.25, 0.3) is 0 Å². The molecule has 6 nitrogen and oxygen atoms in total. The molecule has 0 fully saturated rings. The predicted molar refractivity (Wildman–Crippen MR) is 362 cm³/mol. The molecule has 0 radical (unpaired) electrons. The Morgan fingerprint density at radius 1 is 0.253 bits per heavy atom. The molecule has 0 amide bonds. The van der Waals surface area contributed by atoms with Crippen molar-refractivity contribution in [2.24, 2.45) is 0 Å². The highest BCUT2D eigenvalue weighted by atomic mass is 16.6. The SMILES string of the molecule is CC/C=C\C/C=C\C/C=C\C/C=C\CCCCCCCCCCCCCCCCCCCCCCCCC(=O)OCC(COC(=O)CCCCCCC/C=C\C/C=C\CCCCC)OC(=O)CCCCCCC/C=C\C/C=C\CCCCC. The molecule has 0 aromatic carbocycles. The van der Waals surface area contributed by atoms with E-state index >= 15 is 0 Å². The average Bonchev–Trinajstić information content (AvgIpc) is 3.49. The Morgan fingerprint density at radius 3 is 0.735 bits per heavy atom. The summed E-state index contributed by atoms with van der Waals surface area (Å²) in [6, 6.07) is 0. The van der Waals surface area contributed by atoms with E-state index in [1.165, 1.54) is 186 Å². The second-order valence-electron chi connectivity index (χ2n) is 23.8. The van der Waals surface area contributed by atoms with Gasteiger partial charge in [0.25, 0.3) is 0 Å². The van der Waals surface area contributed by atoms with Crippen molar-refractivity contribution in [3.8, 4) is 0 Å². The molecule has 0 aromatic rings. The summed E-state index contributed by atoms with van der Waals surface area (Å²) in [5, 5.41) is 0. The molecule has 0 aliphatic carbocycles. The third kappa shape index (κ3) is 69.0. The first kappa shape index (κ1) is 79.3. The van der Waals surface area contributed by atoms with Gasteiger partial charge in [-0.1, -0.05) is 311 Å². The Kier molecular flexibility index (Phi) is 67.7. The number of rotatable bonds is 65. The number of hydrogen-bond donors (Lipinski definition) is 0. The molecule has 0 spiro atoms. The van der Waals surface area contributed by atoms with Crippen molar-refractivity contribution < 1.29 is 28.6 Å². The Bertz CT molecular complexity index is 1610. The van der Waals surface area contributed by atoms with Gasteiger partial charge in [-0.05, 0) is 122 Å². The monoisotopic (exact) mass is 1160 g/mol. The zero-order valence-electron chi connectivity index (χ0n) is 54.9. The normalized spacial score (nSPS) is 12.7. The maximum atomic E-state index is 12.9. The van der Waals surface area contributed by atoms with E-state index in [4.69, 9.17) is 14.2 Å². The maximum absolute atomic E-state index is 12.9. The van der Waals surface area contributed by atoms with Gasteiger partial charge in [0.15, 0.2) is 6.10 Å². The molecule has 1 atom stereocenters. The van der Waals surface area contributed by atoms with Crippen LogP contribution in [0, 0.1) is 0 Å². The van der Waals surface area contributed by atoms with Crippen molar-refractivity contribution in [3.63, 3.8) is 0 Å². The van der Waals surface area contributed by atoms with Crippen molar-refractivity contribution in [2.45, 2.75) is 361 Å². The van der Waals surface area contributed by atoms with Crippen molar-refractivity contribution in [1.82, 2.24) is 0 Å². The first-order valence-electron chi connectivity index (χ1n) is 35.7. The van der Waals surface area contributed by atoms with Gasteiger partial charge in [0.1, 0.15) is 13.2 Å². The van der Waals surface area contributed by atoms with Crippen LogP contribution >= 0.6 is 0 Å². The van der Waals surface area contributed by atoms with E-state index in [0.717, 1.165) is 128 Å². The largest absolute Gasteiger partial charge is 0.462 e. The summed E-state index contributed by atoms with van der Waals surface area (Å²) in [6.07, 6.45) is 95.9. The Hall–Kier alpha value is -3.67. The summed E-state index contributed by atoms with van der Waals surface area (Å²) < 4.78 is 16.9. The van der Waals surface area contributed by atoms with E-state index in [0.29, 0.717) is 19.3 Å². The fraction of sp³-hybridized carbons (Fsp3) is 0.753. The van der Waals surface area contributed by atoms with Crippen LogP contribution in [-0.4, -0.2) is 37.2 Å². The molecule has 0 saturated carbocycles. The van der Waals surface area contributed by atoms with Gasteiger partial charge in [0, 0.05) is 19.3 Å². The van der Waals surface area contributed by atoms with Crippen LogP contribution in [-0.2, 0) is 28.6 Å². The van der Waals surface area contributed by atoms with Crippen molar-refractivity contribution in [3.05, 3.63) is 97.2 Å². The third-order valence-electron chi connectivity index (χ3n) is 15.5. The lowest BCUT2D eigenvalue weighted by molar-refractivity contribution is -0.167. The minimum atomic E-state index is -0.790. The van der Waals surface area contributed by atoms with Gasteiger partial charge in [-0.2, -0.15) is 0 Å². The number of unbranched alkanes of at least 4 members (excludes halogenated alkanes) is 38. The van der Waals surface area contributed by atoms with Gasteiger partial charge < -0.3 is 14.2 Å². The maximum Gasteiger partial charge on any atom is 0.306 e. The molecule has 0 heterocycles. The summed E-state index contributed by atoms with van der Waals surface area (Å²) in [7, 11) is 0. The van der Waals surface area contributed by atoms with Crippen LogP contribution in [0.4, 0.5) is 0 Å². The van der Waals surface area contributed by atoms with Crippen LogP contribution in [0.15, 0.2) is 97.2 Å². The van der Waals surface area contributed by atoms with Crippen molar-refractivity contribution >= 4 is 17.9 Å². The molecule has 0 aliphatic rings. The zero-order valence-corrected chi connectivity index (χ0v) is 54.9. The van der Waals surface area contributed by atoms with E-state index in [9.17, 15) is 14.4 Å². The minimum Gasteiger partial charge on any atom is -0.462 e. The van der Waals surface area contributed by atoms with Crippen LogP contribution in [0.1, 0.15) is 355 Å². The van der Waals surface area contributed by atoms with Gasteiger partial charge in [-0.15, -0.1) is 0 Å². The Morgan fingerprint density at radius 2 is 0.470 bits per heavy atom. The molecule has 0 rings (SSSR count). The average molecular weight is 1160 g/mol. The smallest absolute Gasteiger partial charge is 0.306 e. The van der Waals surface area contributed by atoms with Gasteiger partial charge in [0.2, 0.25) is 0 Å². The molecular weight excluding hydrogens is 1020 g/mol. The highest BCUT2D eigenvalue weighted by Crippen LogP contribution is 2.18. The van der Waals surface area contributed by atoms with Crippen molar-refractivity contribution in [1.29, 1.82) is 0 Å². The number of hydrogen-bond acceptors (Lipinski definition) is 6. The summed E-state index contributed by atoms with van der Waals surface area (Å²) in [6.45, 7) is 6.49. The fourth-order valence-corrected chi connectivity index (χ4v) is 10.2. The van der Waals surface area contributed by atoms with Gasteiger partial charge in [0.05, 0.1) is 0 Å². The Labute approximate surface area is 515 Å². The standard InChI is InChI=1S/C77H134O6/c1-4-7-10-13-16-19-22-25-28-29-30-31-32-33-34-35-36-37-38-39-40-41-42-43-44-45-46-47-50-52-55-58-61-64-67-70-76(79)82-73-74(83-77(80)71-68-65-62-59-56-53-49-27-24-21-18-15-12-9-6-3)72-81-75(78)69-66-63-60-57-54-51-48-26-23-20-17-14-11-8-5-2/h7,10,16-21,25-28,30-31,48-49,74H,4-6,8-9,11-15,22-24,29,32-47,50-73H2,1-3H3/b10-7-,19-16-,20-17-,21-18-,28-25-,31-30-,48-26-,49-27-. The fourth-order valence-electron chi connectivity index (χ4n) is 10.2. The molecule has 0 aliphatic heterocycles. The van der Waals surface area contributed by atoms with Gasteiger partial charge in [-0.25, -0.2) is 0 Å². The molecule has 0 N–H and O–H groups in total. The number of carbonyl (C=O) groups is 3. The number of ether oxygens (including phenoxy) is 3. The van der Waals surface area contributed by atoms with E-state index in [1.807, 2.05) is 0 Å². The first-order valence-corrected chi connectivity index (χ1v) is 35.7. The summed E-state index contributed by atoms with van der Waals surface area (Å²) >= 11 is 0. The second-order valence-corrected chi connectivity index (χ2v) is 23.8. The number of allylic oxidation sites excluding steroid dienone is 16. The molecule has 478 valence electrons. The Balaban J connectivity index is 4.13. The van der Waals surface area contributed by atoms with Crippen LogP contribution < -0.4 is 0 Å². The lowest BCUT2D eigenvalue weighted by Crippen LogP contribution is -2.30. The van der Waals surface area contributed by atoms with E-state index < -0.39 is 6.10 Å². The molecule has 83 heavy (non-hydrogen) atoms. The van der Waals surface area contributed by atoms with E-state index in [-0.39, 0.29) is 31.1 Å². The van der Waals surface area contributed by atoms with Crippen LogP contribution in [0.5, 0.6) is 0 Å². The molecule has 0 aromatic heterocycles. The van der Waals surface area contributed by atoms with Gasteiger partial charge >= 0.3 is 17.9 Å². The number of esters is 3. The van der Waals surface area contributed by atoms with Gasteiger partial charge in [-0.3, -0.25) is 14.4 Å². The highest BCUT2D eigenvalue weighted by Gasteiger charge is 2.19. The number of carbonyl (C=O) groups excluding carboxylic acids is 3. The van der Waals surface area contributed by atoms with Crippen molar-refractivity contribution in [2.75, 3.05) is 13.2 Å². The summed E-state index contributed by atoms with van der Waals surface area (Å²) in [5.74, 6) is -0.896. The van der Waals surface area contributed by atoms with E-state index in [1.54, 1.807) is 0 Å². The minimum absolute atomic E-state index is 0.0838. The second kappa shape index (κ2) is 70.8. The van der Waals surface area contributed by atoms with Crippen LogP contribution in [0.2, 0.25) is 0 Å².